The highest BCUT2D eigenvalue weighted by Crippen LogP contribution is 2.32. The van der Waals surface area contributed by atoms with Gasteiger partial charge in [0.1, 0.15) is 11.5 Å². The van der Waals surface area contributed by atoms with Crippen LogP contribution in [0.3, 0.4) is 0 Å². The van der Waals surface area contributed by atoms with Crippen molar-refractivity contribution in [3.63, 3.8) is 0 Å². The second-order valence-electron chi connectivity index (χ2n) is 8.59. The second kappa shape index (κ2) is 9.75. The van der Waals surface area contributed by atoms with E-state index in [1.807, 2.05) is 24.3 Å². The van der Waals surface area contributed by atoms with Gasteiger partial charge in [0.15, 0.2) is 0 Å². The van der Waals surface area contributed by atoms with Crippen LogP contribution in [0.4, 0.5) is 11.4 Å². The summed E-state index contributed by atoms with van der Waals surface area (Å²) in [5.41, 5.74) is 4.63. The number of hydrogen-bond acceptors (Lipinski definition) is 4. The Morgan fingerprint density at radius 2 is 0.941 bits per heavy atom. The topological polar surface area (TPSA) is 64.5 Å². The standard InChI is InChI=1S/C30H28N2O2/c33-25-11-7-21(8-12-25)15-17-31-29-5-1-3-23-19-24-4-2-6-30(28(24)20-27(23)29)32-18-16-22-9-13-26(34)14-10-22/h1-14,19-20,31-34H,15-18H2. The highest BCUT2D eigenvalue weighted by molar-refractivity contribution is 6.07. The molecule has 0 amide bonds. The summed E-state index contributed by atoms with van der Waals surface area (Å²) in [5, 5.41) is 31.0. The van der Waals surface area contributed by atoms with E-state index in [4.69, 9.17) is 0 Å². The number of benzene rings is 5. The molecule has 5 aromatic rings. The molecule has 170 valence electrons. The Morgan fingerprint density at radius 3 is 1.38 bits per heavy atom. The summed E-state index contributed by atoms with van der Waals surface area (Å²) >= 11 is 0. The van der Waals surface area contributed by atoms with Crippen LogP contribution in [0.15, 0.2) is 97.1 Å². The molecule has 0 aliphatic heterocycles. The van der Waals surface area contributed by atoms with E-state index in [0.29, 0.717) is 11.5 Å². The monoisotopic (exact) mass is 448 g/mol. The first-order chi connectivity index (χ1) is 16.7. The zero-order valence-electron chi connectivity index (χ0n) is 19.0. The van der Waals surface area contributed by atoms with Crippen LogP contribution in [0, 0.1) is 0 Å². The summed E-state index contributed by atoms with van der Waals surface area (Å²) in [6.07, 6.45) is 1.77. The van der Waals surface area contributed by atoms with Crippen molar-refractivity contribution < 1.29 is 10.2 Å². The average molecular weight is 449 g/mol. The third kappa shape index (κ3) is 4.91. The smallest absolute Gasteiger partial charge is 0.115 e. The molecule has 0 aliphatic rings. The van der Waals surface area contributed by atoms with Crippen molar-refractivity contribution in [1.29, 1.82) is 0 Å². The third-order valence-electron chi connectivity index (χ3n) is 6.21. The molecular weight excluding hydrogens is 420 g/mol. The number of phenolic OH excluding ortho intramolecular Hbond substituents is 2. The van der Waals surface area contributed by atoms with Crippen molar-refractivity contribution in [2.45, 2.75) is 12.8 Å². The van der Waals surface area contributed by atoms with E-state index < -0.39 is 0 Å². The molecule has 0 aromatic heterocycles. The normalized spacial score (nSPS) is 11.1. The number of fused-ring (bicyclic) bond motifs is 2. The molecule has 0 saturated carbocycles. The Bertz CT molecular complexity index is 1300. The van der Waals surface area contributed by atoms with E-state index in [1.54, 1.807) is 24.3 Å². The lowest BCUT2D eigenvalue weighted by Crippen LogP contribution is -2.06. The molecule has 0 unspecified atom stereocenters. The Kier molecular flexibility index (Phi) is 6.21. The fourth-order valence-electron chi connectivity index (χ4n) is 4.37. The number of phenols is 2. The van der Waals surface area contributed by atoms with E-state index in [0.717, 1.165) is 37.3 Å². The molecule has 4 N–H and O–H groups in total. The summed E-state index contributed by atoms with van der Waals surface area (Å²) in [6, 6.07) is 32.1. The van der Waals surface area contributed by atoms with Gasteiger partial charge in [-0.2, -0.15) is 0 Å². The minimum Gasteiger partial charge on any atom is -0.508 e. The van der Waals surface area contributed by atoms with Crippen LogP contribution in [0.25, 0.3) is 21.5 Å². The summed E-state index contributed by atoms with van der Waals surface area (Å²) in [4.78, 5) is 0. The molecule has 0 radical (unpaired) electrons. The predicted octanol–water partition coefficient (Wildman–Crippen LogP) is 6.71. The third-order valence-corrected chi connectivity index (χ3v) is 6.21. The summed E-state index contributed by atoms with van der Waals surface area (Å²) in [7, 11) is 0. The van der Waals surface area contributed by atoms with Crippen molar-refractivity contribution in [2.75, 3.05) is 23.7 Å². The maximum absolute atomic E-state index is 9.48. The molecule has 0 fully saturated rings. The van der Waals surface area contributed by atoms with Crippen molar-refractivity contribution in [3.8, 4) is 11.5 Å². The molecule has 0 saturated heterocycles. The van der Waals surface area contributed by atoms with Gasteiger partial charge in [0.25, 0.3) is 0 Å². The number of rotatable bonds is 8. The number of anilines is 2. The van der Waals surface area contributed by atoms with Gasteiger partial charge in [0, 0.05) is 35.2 Å². The Morgan fingerprint density at radius 1 is 0.500 bits per heavy atom. The van der Waals surface area contributed by atoms with E-state index in [9.17, 15) is 10.2 Å². The average Bonchev–Trinajstić information content (AvgIpc) is 2.85. The van der Waals surface area contributed by atoms with Gasteiger partial charge in [-0.3, -0.25) is 0 Å². The number of aromatic hydroxyl groups is 2. The maximum atomic E-state index is 9.48. The lowest BCUT2D eigenvalue weighted by atomic mass is 10.0. The van der Waals surface area contributed by atoms with Crippen molar-refractivity contribution >= 4 is 32.9 Å². The molecule has 34 heavy (non-hydrogen) atoms. The molecule has 0 atom stereocenters. The molecule has 5 aromatic carbocycles. The van der Waals surface area contributed by atoms with Crippen molar-refractivity contribution in [3.05, 3.63) is 108 Å². The van der Waals surface area contributed by atoms with Gasteiger partial charge in [-0.25, -0.2) is 0 Å². The first-order valence-corrected chi connectivity index (χ1v) is 11.6. The zero-order valence-corrected chi connectivity index (χ0v) is 19.0. The van der Waals surface area contributed by atoms with Gasteiger partial charge in [-0.05, 0) is 83.3 Å². The van der Waals surface area contributed by atoms with Gasteiger partial charge < -0.3 is 20.8 Å². The molecule has 0 aliphatic carbocycles. The van der Waals surface area contributed by atoms with E-state index in [2.05, 4.69) is 59.2 Å². The van der Waals surface area contributed by atoms with Gasteiger partial charge in [-0.1, -0.05) is 48.5 Å². The minimum atomic E-state index is 0.296. The van der Waals surface area contributed by atoms with Crippen LogP contribution in [0.5, 0.6) is 11.5 Å². The lowest BCUT2D eigenvalue weighted by molar-refractivity contribution is 0.474. The molecule has 5 rings (SSSR count). The van der Waals surface area contributed by atoms with Crippen LogP contribution >= 0.6 is 0 Å². The number of nitrogens with one attached hydrogen (secondary N) is 2. The second-order valence-corrected chi connectivity index (χ2v) is 8.59. The molecule has 0 bridgehead atoms. The highest BCUT2D eigenvalue weighted by atomic mass is 16.3. The molecule has 0 spiro atoms. The summed E-state index contributed by atoms with van der Waals surface area (Å²) in [5.74, 6) is 0.593. The molecule has 4 heteroatoms. The Balaban J connectivity index is 1.35. The molecule has 0 heterocycles. The minimum absolute atomic E-state index is 0.296. The Labute approximate surface area is 199 Å². The first kappa shape index (κ1) is 21.7. The molecule has 4 nitrogen and oxygen atoms in total. The van der Waals surface area contributed by atoms with Crippen LogP contribution in [-0.2, 0) is 12.8 Å². The largest absolute Gasteiger partial charge is 0.508 e. The fraction of sp³-hybridized carbons (Fsp3) is 0.133. The lowest BCUT2D eigenvalue weighted by Gasteiger charge is -2.14. The van der Waals surface area contributed by atoms with Gasteiger partial charge in [-0.15, -0.1) is 0 Å². The summed E-state index contributed by atoms with van der Waals surface area (Å²) in [6.45, 7) is 1.63. The Hall–Kier alpha value is -4.18. The van der Waals surface area contributed by atoms with Crippen molar-refractivity contribution in [1.82, 2.24) is 0 Å². The van der Waals surface area contributed by atoms with Crippen LogP contribution in [0.2, 0.25) is 0 Å². The van der Waals surface area contributed by atoms with Crippen LogP contribution in [0.1, 0.15) is 11.1 Å². The molecular formula is C30H28N2O2. The van der Waals surface area contributed by atoms with Gasteiger partial charge in [0.05, 0.1) is 0 Å². The fourth-order valence-corrected chi connectivity index (χ4v) is 4.37. The summed E-state index contributed by atoms with van der Waals surface area (Å²) < 4.78 is 0. The van der Waals surface area contributed by atoms with Gasteiger partial charge >= 0.3 is 0 Å². The van der Waals surface area contributed by atoms with E-state index in [1.165, 1.54) is 32.7 Å². The highest BCUT2D eigenvalue weighted by Gasteiger charge is 2.07. The van der Waals surface area contributed by atoms with Crippen LogP contribution in [-0.4, -0.2) is 23.3 Å². The first-order valence-electron chi connectivity index (χ1n) is 11.6. The quantitative estimate of drug-likeness (QED) is 0.199. The van der Waals surface area contributed by atoms with E-state index >= 15 is 0 Å². The predicted molar refractivity (Wildman–Crippen MR) is 142 cm³/mol. The zero-order chi connectivity index (χ0) is 23.3. The van der Waals surface area contributed by atoms with Crippen LogP contribution < -0.4 is 10.6 Å². The van der Waals surface area contributed by atoms with Gasteiger partial charge in [0.2, 0.25) is 0 Å². The maximum Gasteiger partial charge on any atom is 0.115 e. The number of hydrogen-bond donors (Lipinski definition) is 4. The SMILES string of the molecule is Oc1ccc(CCNc2cccc3cc4cccc(NCCc5ccc(O)cc5)c4cc23)cc1. The van der Waals surface area contributed by atoms with Crippen molar-refractivity contribution in [2.24, 2.45) is 0 Å². The van der Waals surface area contributed by atoms with E-state index in [-0.39, 0.29) is 0 Å².